The number of carbonyl (C=O) groups is 2. The summed E-state index contributed by atoms with van der Waals surface area (Å²) in [5, 5.41) is 9.08. The zero-order valence-corrected chi connectivity index (χ0v) is 11.8. The van der Waals surface area contributed by atoms with Crippen molar-refractivity contribution in [2.45, 2.75) is 19.8 Å². The fraction of sp³-hybridized carbons (Fsp3) is 0.429. The van der Waals surface area contributed by atoms with Gasteiger partial charge in [-0.3, -0.25) is 9.59 Å². The van der Waals surface area contributed by atoms with E-state index in [-0.39, 0.29) is 23.0 Å². The molecular formula is C14H15ClFNO3. The lowest BCUT2D eigenvalue weighted by molar-refractivity contribution is -0.143. The number of carboxylic acid groups (broad SMARTS) is 1. The predicted molar refractivity (Wildman–Crippen MR) is 72.4 cm³/mol. The summed E-state index contributed by atoms with van der Waals surface area (Å²) in [5.74, 6) is -2.26. The van der Waals surface area contributed by atoms with E-state index in [0.29, 0.717) is 24.9 Å². The number of benzene rings is 1. The molecule has 1 amide bonds. The lowest BCUT2D eigenvalue weighted by Crippen LogP contribution is -2.42. The number of aliphatic carboxylic acids is 1. The summed E-state index contributed by atoms with van der Waals surface area (Å²) in [4.78, 5) is 24.9. The maximum atomic E-state index is 13.3. The second kappa shape index (κ2) is 5.79. The zero-order chi connectivity index (χ0) is 14.9. The van der Waals surface area contributed by atoms with E-state index < -0.39 is 17.7 Å². The highest BCUT2D eigenvalue weighted by Crippen LogP contribution is 2.24. The molecule has 2 rings (SSSR count). The van der Waals surface area contributed by atoms with E-state index in [4.69, 9.17) is 16.7 Å². The van der Waals surface area contributed by atoms with E-state index >= 15 is 0 Å². The number of halogens is 2. The Morgan fingerprint density at radius 3 is 2.80 bits per heavy atom. The number of likely N-dealkylation sites (tertiary alicyclic amines) is 1. The van der Waals surface area contributed by atoms with Crippen LogP contribution in [0.15, 0.2) is 12.1 Å². The first-order valence-corrected chi connectivity index (χ1v) is 6.75. The molecule has 0 bridgehead atoms. The number of nitrogens with zero attached hydrogens (tertiary/aromatic N) is 1. The van der Waals surface area contributed by atoms with Gasteiger partial charge in [-0.2, -0.15) is 0 Å². The molecule has 0 radical (unpaired) electrons. The topological polar surface area (TPSA) is 57.6 Å². The Kier molecular flexibility index (Phi) is 4.28. The smallest absolute Gasteiger partial charge is 0.308 e. The number of piperidine rings is 1. The summed E-state index contributed by atoms with van der Waals surface area (Å²) in [7, 11) is 0. The summed E-state index contributed by atoms with van der Waals surface area (Å²) in [6.45, 7) is 2.22. The SMILES string of the molecule is Cc1cc(C(=O)N2CCC[C@H](C(=O)O)C2)c(Cl)cc1F. The van der Waals surface area contributed by atoms with E-state index in [2.05, 4.69) is 0 Å². The molecule has 0 aliphatic carbocycles. The molecule has 108 valence electrons. The molecule has 1 heterocycles. The number of aryl methyl sites for hydroxylation is 1. The fourth-order valence-electron chi connectivity index (χ4n) is 2.35. The van der Waals surface area contributed by atoms with E-state index in [9.17, 15) is 14.0 Å². The van der Waals surface area contributed by atoms with Crippen LogP contribution in [0.2, 0.25) is 5.02 Å². The van der Waals surface area contributed by atoms with Crippen LogP contribution in [0.4, 0.5) is 4.39 Å². The predicted octanol–water partition coefficient (Wildman–Crippen LogP) is 2.72. The number of hydrogen-bond acceptors (Lipinski definition) is 2. The van der Waals surface area contributed by atoms with Gasteiger partial charge in [0.25, 0.3) is 5.91 Å². The minimum absolute atomic E-state index is 0.0514. The molecule has 0 saturated carbocycles. The number of amides is 1. The molecule has 1 saturated heterocycles. The zero-order valence-electron chi connectivity index (χ0n) is 11.0. The third-order valence-corrected chi connectivity index (χ3v) is 3.85. The fourth-order valence-corrected chi connectivity index (χ4v) is 2.59. The number of hydrogen-bond donors (Lipinski definition) is 1. The van der Waals surface area contributed by atoms with Crippen LogP contribution >= 0.6 is 11.6 Å². The molecule has 1 aliphatic rings. The molecule has 0 unspecified atom stereocenters. The van der Waals surface area contributed by atoms with Crippen LogP contribution in [-0.4, -0.2) is 35.0 Å². The third kappa shape index (κ3) is 2.93. The first-order valence-electron chi connectivity index (χ1n) is 6.38. The third-order valence-electron chi connectivity index (χ3n) is 3.54. The van der Waals surface area contributed by atoms with Crippen molar-refractivity contribution in [2.75, 3.05) is 13.1 Å². The maximum Gasteiger partial charge on any atom is 0.308 e. The summed E-state index contributed by atoms with van der Waals surface area (Å²) in [6.07, 6.45) is 1.20. The lowest BCUT2D eigenvalue weighted by atomic mass is 9.97. The second-order valence-corrected chi connectivity index (χ2v) is 5.42. The Balaban J connectivity index is 2.23. The van der Waals surface area contributed by atoms with Crippen molar-refractivity contribution >= 4 is 23.5 Å². The van der Waals surface area contributed by atoms with Gasteiger partial charge in [0.1, 0.15) is 5.82 Å². The summed E-state index contributed by atoms with van der Waals surface area (Å²) >= 11 is 5.91. The lowest BCUT2D eigenvalue weighted by Gasteiger charge is -2.31. The Morgan fingerprint density at radius 2 is 2.15 bits per heavy atom. The van der Waals surface area contributed by atoms with E-state index in [0.717, 1.165) is 6.07 Å². The van der Waals surface area contributed by atoms with Crippen LogP contribution in [0.5, 0.6) is 0 Å². The Labute approximate surface area is 121 Å². The average Bonchev–Trinajstić information content (AvgIpc) is 2.42. The minimum atomic E-state index is -0.899. The highest BCUT2D eigenvalue weighted by atomic mass is 35.5. The van der Waals surface area contributed by atoms with Crippen molar-refractivity contribution in [1.29, 1.82) is 0 Å². The standard InChI is InChI=1S/C14H15ClFNO3/c1-8-5-10(11(15)6-12(8)16)13(18)17-4-2-3-9(7-17)14(19)20/h5-6,9H,2-4,7H2,1H3,(H,19,20)/t9-/m0/s1. The van der Waals surface area contributed by atoms with Gasteiger partial charge in [0, 0.05) is 13.1 Å². The maximum absolute atomic E-state index is 13.3. The van der Waals surface area contributed by atoms with Gasteiger partial charge in [-0.15, -0.1) is 0 Å². The number of rotatable bonds is 2. The van der Waals surface area contributed by atoms with Gasteiger partial charge in [0.15, 0.2) is 0 Å². The van der Waals surface area contributed by atoms with Crippen molar-refractivity contribution in [3.63, 3.8) is 0 Å². The monoisotopic (exact) mass is 299 g/mol. The normalized spacial score (nSPS) is 18.9. The van der Waals surface area contributed by atoms with Gasteiger partial charge in [0.2, 0.25) is 0 Å². The second-order valence-electron chi connectivity index (χ2n) is 5.01. The minimum Gasteiger partial charge on any atom is -0.481 e. The molecule has 1 aromatic rings. The van der Waals surface area contributed by atoms with Crippen molar-refractivity contribution in [2.24, 2.45) is 5.92 Å². The van der Waals surface area contributed by atoms with Gasteiger partial charge in [-0.25, -0.2) is 4.39 Å². The Morgan fingerprint density at radius 1 is 1.45 bits per heavy atom. The molecule has 1 aromatic carbocycles. The van der Waals surface area contributed by atoms with Gasteiger partial charge in [0.05, 0.1) is 16.5 Å². The van der Waals surface area contributed by atoms with E-state index in [1.165, 1.54) is 11.0 Å². The van der Waals surface area contributed by atoms with Crippen LogP contribution in [0.25, 0.3) is 0 Å². The van der Waals surface area contributed by atoms with Crippen molar-refractivity contribution in [1.82, 2.24) is 4.90 Å². The van der Waals surface area contributed by atoms with Crippen LogP contribution in [0.3, 0.4) is 0 Å². The van der Waals surface area contributed by atoms with Crippen LogP contribution < -0.4 is 0 Å². The number of carbonyl (C=O) groups excluding carboxylic acids is 1. The first kappa shape index (κ1) is 14.8. The average molecular weight is 300 g/mol. The van der Waals surface area contributed by atoms with Gasteiger partial charge in [-0.1, -0.05) is 11.6 Å². The van der Waals surface area contributed by atoms with Gasteiger partial charge >= 0.3 is 5.97 Å². The quantitative estimate of drug-likeness (QED) is 0.913. The molecule has 1 fully saturated rings. The summed E-state index contributed by atoms with van der Waals surface area (Å²) in [5.41, 5.74) is 0.557. The Hall–Kier alpha value is -1.62. The highest BCUT2D eigenvalue weighted by molar-refractivity contribution is 6.33. The molecular weight excluding hydrogens is 285 g/mol. The molecule has 1 N–H and O–H groups in total. The van der Waals surface area contributed by atoms with Gasteiger partial charge < -0.3 is 10.0 Å². The van der Waals surface area contributed by atoms with Gasteiger partial charge in [-0.05, 0) is 37.5 Å². The molecule has 20 heavy (non-hydrogen) atoms. The molecule has 1 atom stereocenters. The van der Waals surface area contributed by atoms with Crippen molar-refractivity contribution < 1.29 is 19.1 Å². The van der Waals surface area contributed by atoms with Crippen molar-refractivity contribution in [3.05, 3.63) is 34.1 Å². The summed E-state index contributed by atoms with van der Waals surface area (Å²) in [6, 6.07) is 2.52. The van der Waals surface area contributed by atoms with E-state index in [1.54, 1.807) is 6.92 Å². The largest absolute Gasteiger partial charge is 0.481 e. The molecule has 0 spiro atoms. The van der Waals surface area contributed by atoms with Crippen LogP contribution in [0, 0.1) is 18.7 Å². The van der Waals surface area contributed by atoms with E-state index in [1.807, 2.05) is 0 Å². The molecule has 0 aromatic heterocycles. The summed E-state index contributed by atoms with van der Waals surface area (Å²) < 4.78 is 13.3. The highest BCUT2D eigenvalue weighted by Gasteiger charge is 2.29. The van der Waals surface area contributed by atoms with Crippen LogP contribution in [0.1, 0.15) is 28.8 Å². The van der Waals surface area contributed by atoms with Crippen LogP contribution in [-0.2, 0) is 4.79 Å². The molecule has 1 aliphatic heterocycles. The first-order chi connectivity index (χ1) is 9.40. The van der Waals surface area contributed by atoms with Crippen molar-refractivity contribution in [3.8, 4) is 0 Å². The Bertz CT molecular complexity index is 562. The molecule has 4 nitrogen and oxygen atoms in total. The molecule has 6 heteroatoms. The number of carboxylic acids is 1.